The fraction of sp³-hybridized carbons (Fsp3) is 0.419. The van der Waals surface area contributed by atoms with Crippen molar-refractivity contribution in [1.29, 1.82) is 0 Å². The summed E-state index contributed by atoms with van der Waals surface area (Å²) in [6.07, 6.45) is -0.533. The molecule has 2 fully saturated rings. The van der Waals surface area contributed by atoms with Gasteiger partial charge in [0.2, 0.25) is 59.1 Å². The van der Waals surface area contributed by atoms with Crippen molar-refractivity contribution < 1.29 is 82.3 Å². The van der Waals surface area contributed by atoms with Crippen LogP contribution in [0.4, 0.5) is 0 Å². The number of nitrogens with two attached hydrogens (primary N) is 3. The highest BCUT2D eigenvalue weighted by molar-refractivity contribution is 8.76. The average molecular weight is 1320 g/mol. The van der Waals surface area contributed by atoms with Crippen molar-refractivity contribution in [3.63, 3.8) is 0 Å². The van der Waals surface area contributed by atoms with E-state index in [9.17, 15) is 72.9 Å². The van der Waals surface area contributed by atoms with E-state index in [0.717, 1.165) is 21.6 Å². The molecule has 1 spiro atoms. The predicted molar refractivity (Wildman–Crippen MR) is 336 cm³/mol. The molecule has 0 bridgehead atoms. The number of carbonyl (C=O) groups excluding carboxylic acids is 12. The van der Waals surface area contributed by atoms with Crippen LogP contribution >= 0.6 is 21.6 Å². The molecule has 31 heteroatoms. The maximum atomic E-state index is 14.8. The second-order valence-electron chi connectivity index (χ2n) is 22.7. The van der Waals surface area contributed by atoms with E-state index < -0.39 is 144 Å². The lowest BCUT2D eigenvalue weighted by Gasteiger charge is -2.36. The van der Waals surface area contributed by atoms with E-state index in [0.29, 0.717) is 36.0 Å². The van der Waals surface area contributed by atoms with Gasteiger partial charge in [0, 0.05) is 71.8 Å². The van der Waals surface area contributed by atoms with Crippen molar-refractivity contribution in [3.8, 4) is 28.7 Å². The summed E-state index contributed by atoms with van der Waals surface area (Å²) < 4.78 is 12.2. The number of rotatable bonds is 19. The normalized spacial score (nSPS) is 21.4. The van der Waals surface area contributed by atoms with Gasteiger partial charge in [-0.15, -0.1) is 0 Å². The number of nitrogens with zero attached hydrogens (tertiary/aromatic N) is 1. The molecule has 93 heavy (non-hydrogen) atoms. The van der Waals surface area contributed by atoms with Gasteiger partial charge >= 0.3 is 5.97 Å². The lowest BCUT2D eigenvalue weighted by Crippen LogP contribution is -2.61. The Balaban J connectivity index is 0.958. The summed E-state index contributed by atoms with van der Waals surface area (Å²) in [5.74, 6) is -10.6. The van der Waals surface area contributed by atoms with Crippen molar-refractivity contribution in [1.82, 2.24) is 47.4 Å². The number of unbranched alkanes of at least 4 members (excludes halogenated alkanes) is 1. The highest BCUT2D eigenvalue weighted by Crippen LogP contribution is 2.57. The van der Waals surface area contributed by atoms with Crippen LogP contribution in [0.5, 0.6) is 28.7 Å². The SMILES string of the molecule is CCC(C)[C@H]1NC(=O)[C@H](c2ccc(O)cc2)NC(=O)CCSSC[C@H](C(=O)N2CCC[C@@H]2C(=O)N[C@@H](CCCCNC(=O)c2ccc3c(c2)C2(OC3=O)c3ccc(O)cc3Oc3cc(O)ccc32)C(=O)NCN)NC(=O)[C@@H](CC(N)=O)NC(=O)[C@@H](CCC(N)=O)NC1=O. The van der Waals surface area contributed by atoms with Gasteiger partial charge in [0.05, 0.1) is 18.7 Å². The summed E-state index contributed by atoms with van der Waals surface area (Å²) in [5, 5.41) is 51.7. The monoisotopic (exact) mass is 1320 g/mol. The zero-order valence-corrected chi connectivity index (χ0v) is 52.4. The molecule has 0 radical (unpaired) electrons. The Morgan fingerprint density at radius 2 is 1.41 bits per heavy atom. The fourth-order valence-corrected chi connectivity index (χ4v) is 13.4. The minimum atomic E-state index is -1.78. The van der Waals surface area contributed by atoms with Crippen molar-refractivity contribution >= 4 is 92.5 Å². The Morgan fingerprint density at radius 3 is 2.06 bits per heavy atom. The standard InChI is InChI=1S/C62H74N12O17S2/c1-3-31(2)51-58(86)69-42(19-20-48(64)78)55(83)70-43(28-49(65)79)56(84)71-44(29-93-92-24-21-50(80)72-52(59(87)73-51)32-9-12-34(75)13-10-32)60(88)74-23-6-8-45(74)57(85)68-41(54(82)67-30-63)7-4-5-22-66-53(81)33-11-16-37-40(25-33)62(91-61(37)89)38-17-14-35(76)26-46(38)90-47-27-36(77)15-18-39(47)62/h9-18,25-27,31,41-45,51-52,75-77H,3-8,19-24,28-30,63H2,1-2H3,(H2,64,78)(H2,65,79)(H,66,81)(H,67,82)(H,68,85)(H,69,86)(H,70,83)(H,71,84)(H,72,80)(H,73,87)/t31?,41-,42+,43+,44+,45+,51+,52-/m0/s1. The second-order valence-corrected chi connectivity index (χ2v) is 25.3. The van der Waals surface area contributed by atoms with Gasteiger partial charge in [0.25, 0.3) is 5.91 Å². The molecule has 17 N–H and O–H groups in total. The van der Waals surface area contributed by atoms with E-state index in [4.69, 9.17) is 26.7 Å². The minimum absolute atomic E-state index is 0.00931. The van der Waals surface area contributed by atoms with Crippen LogP contribution in [0.15, 0.2) is 78.9 Å². The maximum absolute atomic E-state index is 14.8. The van der Waals surface area contributed by atoms with Crippen molar-refractivity contribution in [2.75, 3.05) is 31.3 Å². The zero-order valence-electron chi connectivity index (χ0n) is 50.8. The van der Waals surface area contributed by atoms with E-state index in [1.165, 1.54) is 71.6 Å². The Bertz CT molecular complexity index is 3510. The van der Waals surface area contributed by atoms with Gasteiger partial charge in [-0.3, -0.25) is 52.7 Å². The number of esters is 1. The first-order valence-corrected chi connectivity index (χ1v) is 32.6. The molecule has 4 heterocycles. The molecule has 496 valence electrons. The molecule has 29 nitrogen and oxygen atoms in total. The molecule has 2 saturated heterocycles. The highest BCUT2D eigenvalue weighted by Gasteiger charge is 2.54. The number of hydrogen-bond donors (Lipinski definition) is 14. The van der Waals surface area contributed by atoms with E-state index >= 15 is 0 Å². The number of benzene rings is 4. The number of phenols is 3. The molecule has 4 aromatic carbocycles. The summed E-state index contributed by atoms with van der Waals surface area (Å²) in [5.41, 5.74) is 16.7. The third-order valence-corrected chi connectivity index (χ3v) is 18.7. The molecule has 0 aromatic heterocycles. The van der Waals surface area contributed by atoms with Crippen LogP contribution in [-0.4, -0.2) is 159 Å². The molecule has 1 unspecified atom stereocenters. The van der Waals surface area contributed by atoms with Crippen LogP contribution in [-0.2, 0) is 58.3 Å². The molecule has 0 saturated carbocycles. The van der Waals surface area contributed by atoms with Crippen LogP contribution in [0.25, 0.3) is 0 Å². The van der Waals surface area contributed by atoms with Crippen molar-refractivity contribution in [3.05, 3.63) is 112 Å². The first-order valence-electron chi connectivity index (χ1n) is 30.1. The summed E-state index contributed by atoms with van der Waals surface area (Å²) in [6.45, 7) is 3.19. The van der Waals surface area contributed by atoms with Crippen LogP contribution in [0.1, 0.15) is 127 Å². The third kappa shape index (κ3) is 16.7. The minimum Gasteiger partial charge on any atom is -0.508 e. The molecule has 4 aromatic rings. The van der Waals surface area contributed by atoms with Crippen molar-refractivity contribution in [2.45, 2.75) is 126 Å². The molecular formula is C62H74N12O17S2. The third-order valence-electron chi connectivity index (χ3n) is 16.3. The second kappa shape index (κ2) is 31.1. The number of hydrogen-bond acceptors (Lipinski definition) is 20. The van der Waals surface area contributed by atoms with Crippen LogP contribution in [0, 0.1) is 5.92 Å². The predicted octanol–water partition coefficient (Wildman–Crippen LogP) is 0.549. The Kier molecular flexibility index (Phi) is 23.2. The first kappa shape index (κ1) is 69.3. The Hall–Kier alpha value is -9.62. The number of phenolic OH excluding ortho intramolecular Hbond substituents is 3. The van der Waals surface area contributed by atoms with Gasteiger partial charge in [0.15, 0.2) is 5.60 Å². The van der Waals surface area contributed by atoms with Gasteiger partial charge < -0.3 is 89.4 Å². The summed E-state index contributed by atoms with van der Waals surface area (Å²) >= 11 is 0. The lowest BCUT2D eigenvalue weighted by atomic mass is 9.77. The molecule has 8 atom stereocenters. The number of primary amides is 2. The molecular weight excluding hydrogens is 1250 g/mol. The number of carbonyl (C=O) groups is 12. The summed E-state index contributed by atoms with van der Waals surface area (Å²) in [6, 6.07) is 8.44. The molecule has 11 amide bonds. The number of likely N-dealkylation sites (tertiary alicyclic amines) is 1. The van der Waals surface area contributed by atoms with Crippen LogP contribution in [0.3, 0.4) is 0 Å². The van der Waals surface area contributed by atoms with Gasteiger partial charge in [0.1, 0.15) is 71.0 Å². The zero-order chi connectivity index (χ0) is 67.3. The van der Waals surface area contributed by atoms with Crippen LogP contribution in [0.2, 0.25) is 0 Å². The largest absolute Gasteiger partial charge is 0.508 e. The lowest BCUT2D eigenvalue weighted by molar-refractivity contribution is -0.142. The first-order chi connectivity index (χ1) is 44.4. The molecule has 4 aliphatic heterocycles. The Morgan fingerprint density at radius 1 is 0.742 bits per heavy atom. The highest BCUT2D eigenvalue weighted by atomic mass is 33.1. The van der Waals surface area contributed by atoms with Gasteiger partial charge in [-0.25, -0.2) is 4.79 Å². The van der Waals surface area contributed by atoms with E-state index in [2.05, 4.69) is 42.5 Å². The van der Waals surface area contributed by atoms with E-state index in [-0.39, 0.29) is 102 Å². The number of nitrogens with one attached hydrogen (secondary N) is 8. The molecule has 8 rings (SSSR count). The maximum Gasteiger partial charge on any atom is 0.340 e. The number of amides is 11. The Labute approximate surface area is 541 Å². The molecule has 0 aliphatic carbocycles. The fourth-order valence-electron chi connectivity index (χ4n) is 11.3. The van der Waals surface area contributed by atoms with Gasteiger partial charge in [-0.1, -0.05) is 54.0 Å². The van der Waals surface area contributed by atoms with Gasteiger partial charge in [-0.05, 0) is 105 Å². The summed E-state index contributed by atoms with van der Waals surface area (Å²) in [7, 11) is 2.17. The van der Waals surface area contributed by atoms with Crippen LogP contribution < -0.4 is 64.5 Å². The van der Waals surface area contributed by atoms with E-state index in [1.54, 1.807) is 26.0 Å². The molecule has 4 aliphatic rings. The summed E-state index contributed by atoms with van der Waals surface area (Å²) in [4.78, 5) is 166. The van der Waals surface area contributed by atoms with Crippen molar-refractivity contribution in [2.24, 2.45) is 23.1 Å². The number of fused-ring (bicyclic) bond motifs is 6. The smallest absolute Gasteiger partial charge is 0.340 e. The number of aromatic hydroxyl groups is 3. The number of ether oxygens (including phenoxy) is 2. The van der Waals surface area contributed by atoms with E-state index in [1.807, 2.05) is 0 Å². The quantitative estimate of drug-likeness (QED) is 0.0264. The topological polar surface area (TPSA) is 462 Å². The van der Waals surface area contributed by atoms with Gasteiger partial charge in [-0.2, -0.15) is 0 Å². The average Bonchev–Trinajstić information content (AvgIpc) is 1.62.